The number of morpholine rings is 1. The molecule has 2 aromatic rings. The number of thiazole rings is 1. The van der Waals surface area contributed by atoms with Crippen molar-refractivity contribution in [3.8, 4) is 0 Å². The predicted molar refractivity (Wildman–Crippen MR) is 136 cm³/mol. The highest BCUT2D eigenvalue weighted by Crippen LogP contribution is 2.22. The molecule has 1 aliphatic rings. The highest BCUT2D eigenvalue weighted by atomic mass is 127. The standard InChI is InChI=1S/C22H32FN5OS.HI/c1-4-24-22(26-14-21-27-19(15-30-21)16(2)3)25-13-20(28-9-11-29-12-10-28)17-5-7-18(23)8-6-17;/h5-8,15-16,20H,4,9-14H2,1-3H3,(H2,24,25,26);1H. The number of rotatable bonds is 8. The van der Waals surface area contributed by atoms with Crippen molar-refractivity contribution >= 4 is 41.3 Å². The van der Waals surface area contributed by atoms with Crippen LogP contribution in [-0.2, 0) is 11.3 Å². The van der Waals surface area contributed by atoms with E-state index in [2.05, 4.69) is 46.7 Å². The first-order valence-electron chi connectivity index (χ1n) is 10.6. The van der Waals surface area contributed by atoms with E-state index in [0.29, 0.717) is 32.2 Å². The second-order valence-electron chi connectivity index (χ2n) is 7.61. The number of halogens is 2. The molecule has 1 unspecified atom stereocenters. The molecule has 9 heteroatoms. The predicted octanol–water partition coefficient (Wildman–Crippen LogP) is 4.15. The van der Waals surface area contributed by atoms with Crippen molar-refractivity contribution in [2.24, 2.45) is 4.99 Å². The molecular formula is C22H33FIN5OS. The van der Waals surface area contributed by atoms with E-state index in [0.717, 1.165) is 41.9 Å². The van der Waals surface area contributed by atoms with Crippen molar-refractivity contribution in [1.82, 2.24) is 20.5 Å². The summed E-state index contributed by atoms with van der Waals surface area (Å²) in [6.07, 6.45) is 0. The van der Waals surface area contributed by atoms with Crippen LogP contribution >= 0.6 is 35.3 Å². The van der Waals surface area contributed by atoms with Gasteiger partial charge in [-0.2, -0.15) is 0 Å². The van der Waals surface area contributed by atoms with Crippen LogP contribution < -0.4 is 10.6 Å². The summed E-state index contributed by atoms with van der Waals surface area (Å²) in [5.41, 5.74) is 2.20. The highest BCUT2D eigenvalue weighted by Gasteiger charge is 2.23. The highest BCUT2D eigenvalue weighted by molar-refractivity contribution is 14.0. The number of benzene rings is 1. The third-order valence-electron chi connectivity index (χ3n) is 5.08. The minimum absolute atomic E-state index is 0. The van der Waals surface area contributed by atoms with Gasteiger partial charge in [-0.1, -0.05) is 26.0 Å². The van der Waals surface area contributed by atoms with Gasteiger partial charge < -0.3 is 15.4 Å². The molecule has 3 rings (SSSR count). The van der Waals surface area contributed by atoms with Gasteiger partial charge in [0.25, 0.3) is 0 Å². The number of aliphatic imine (C=N–C) groups is 1. The van der Waals surface area contributed by atoms with Gasteiger partial charge in [-0.15, -0.1) is 35.3 Å². The van der Waals surface area contributed by atoms with Crippen molar-refractivity contribution in [1.29, 1.82) is 0 Å². The Bertz CT molecular complexity index is 808. The number of ether oxygens (including phenoxy) is 1. The lowest BCUT2D eigenvalue weighted by atomic mass is 10.0. The zero-order valence-corrected chi connectivity index (χ0v) is 21.6. The maximum absolute atomic E-state index is 13.4. The molecule has 31 heavy (non-hydrogen) atoms. The van der Waals surface area contributed by atoms with Crippen LogP contribution in [0.1, 0.15) is 49.0 Å². The summed E-state index contributed by atoms with van der Waals surface area (Å²) in [5.74, 6) is 0.973. The molecule has 1 aromatic heterocycles. The molecular weight excluding hydrogens is 528 g/mol. The molecule has 1 saturated heterocycles. The van der Waals surface area contributed by atoms with Crippen molar-refractivity contribution in [3.63, 3.8) is 0 Å². The van der Waals surface area contributed by atoms with Gasteiger partial charge in [0.05, 0.1) is 31.5 Å². The topological polar surface area (TPSA) is 61.8 Å². The number of guanidine groups is 1. The molecule has 1 aliphatic heterocycles. The molecule has 1 atom stereocenters. The minimum Gasteiger partial charge on any atom is -0.379 e. The smallest absolute Gasteiger partial charge is 0.191 e. The molecule has 0 saturated carbocycles. The van der Waals surface area contributed by atoms with Crippen LogP contribution in [0.5, 0.6) is 0 Å². The van der Waals surface area contributed by atoms with Gasteiger partial charge in [0, 0.05) is 31.6 Å². The molecule has 0 radical (unpaired) electrons. The Morgan fingerprint density at radius 2 is 1.94 bits per heavy atom. The average Bonchev–Trinajstić information content (AvgIpc) is 3.23. The first-order valence-corrected chi connectivity index (χ1v) is 11.5. The van der Waals surface area contributed by atoms with Crippen LogP contribution in [0.25, 0.3) is 0 Å². The Morgan fingerprint density at radius 3 is 2.55 bits per heavy atom. The van der Waals surface area contributed by atoms with E-state index in [1.54, 1.807) is 11.3 Å². The molecule has 172 valence electrons. The number of nitrogens with zero attached hydrogens (tertiary/aromatic N) is 3. The number of nitrogens with one attached hydrogen (secondary N) is 2. The molecule has 6 nitrogen and oxygen atoms in total. The second-order valence-corrected chi connectivity index (χ2v) is 8.56. The van der Waals surface area contributed by atoms with Crippen molar-refractivity contribution < 1.29 is 9.13 Å². The number of aromatic nitrogens is 1. The average molecular weight is 562 g/mol. The zero-order valence-electron chi connectivity index (χ0n) is 18.4. The summed E-state index contributed by atoms with van der Waals surface area (Å²) >= 11 is 1.65. The van der Waals surface area contributed by atoms with Crippen LogP contribution in [0, 0.1) is 5.82 Å². The molecule has 0 bridgehead atoms. The monoisotopic (exact) mass is 561 g/mol. The van der Waals surface area contributed by atoms with Gasteiger partial charge in [0.15, 0.2) is 5.96 Å². The molecule has 2 heterocycles. The van der Waals surface area contributed by atoms with E-state index in [9.17, 15) is 4.39 Å². The Morgan fingerprint density at radius 1 is 1.23 bits per heavy atom. The summed E-state index contributed by atoms with van der Waals surface area (Å²) in [7, 11) is 0. The summed E-state index contributed by atoms with van der Waals surface area (Å²) in [4.78, 5) is 11.8. The van der Waals surface area contributed by atoms with Gasteiger partial charge in [-0.3, -0.25) is 4.90 Å². The number of hydrogen-bond acceptors (Lipinski definition) is 5. The molecule has 1 aromatic carbocycles. The fraction of sp³-hybridized carbons (Fsp3) is 0.545. The van der Waals surface area contributed by atoms with Gasteiger partial charge in [-0.05, 0) is 30.5 Å². The summed E-state index contributed by atoms with van der Waals surface area (Å²) in [5, 5.41) is 9.91. The van der Waals surface area contributed by atoms with Crippen LogP contribution in [-0.4, -0.2) is 55.2 Å². The van der Waals surface area contributed by atoms with E-state index in [1.807, 2.05) is 12.1 Å². The quantitative estimate of drug-likeness (QED) is 0.288. The largest absolute Gasteiger partial charge is 0.379 e. The molecule has 1 fully saturated rings. The van der Waals surface area contributed by atoms with Crippen LogP contribution in [0.4, 0.5) is 4.39 Å². The summed E-state index contributed by atoms with van der Waals surface area (Å²) < 4.78 is 18.9. The summed E-state index contributed by atoms with van der Waals surface area (Å²) in [6.45, 7) is 11.5. The van der Waals surface area contributed by atoms with E-state index in [4.69, 9.17) is 9.73 Å². The summed E-state index contributed by atoms with van der Waals surface area (Å²) in [6, 6.07) is 6.90. The first kappa shape index (κ1) is 26.0. The molecule has 2 N–H and O–H groups in total. The SMILES string of the molecule is CCNC(=NCc1nc(C(C)C)cs1)NCC(c1ccc(F)cc1)N1CCOCC1.I. The van der Waals surface area contributed by atoms with Gasteiger partial charge >= 0.3 is 0 Å². The fourth-order valence-corrected chi connectivity index (χ4v) is 4.26. The van der Waals surface area contributed by atoms with Crippen molar-refractivity contribution in [2.45, 2.75) is 39.3 Å². The first-order chi connectivity index (χ1) is 14.6. The number of hydrogen-bond donors (Lipinski definition) is 2. The molecule has 0 spiro atoms. The lowest BCUT2D eigenvalue weighted by molar-refractivity contribution is 0.0170. The van der Waals surface area contributed by atoms with E-state index in [1.165, 1.54) is 12.1 Å². The van der Waals surface area contributed by atoms with Crippen molar-refractivity contribution in [3.05, 3.63) is 51.7 Å². The molecule has 0 amide bonds. The van der Waals surface area contributed by atoms with Crippen LogP contribution in [0.15, 0.2) is 34.6 Å². The van der Waals surface area contributed by atoms with Crippen LogP contribution in [0.2, 0.25) is 0 Å². The third-order valence-corrected chi connectivity index (χ3v) is 5.93. The van der Waals surface area contributed by atoms with Gasteiger partial charge in [0.1, 0.15) is 10.8 Å². The second kappa shape index (κ2) is 13.3. The van der Waals surface area contributed by atoms with E-state index in [-0.39, 0.29) is 35.8 Å². The van der Waals surface area contributed by atoms with Crippen molar-refractivity contribution in [2.75, 3.05) is 39.4 Å². The van der Waals surface area contributed by atoms with Gasteiger partial charge in [-0.25, -0.2) is 14.4 Å². The van der Waals surface area contributed by atoms with Crippen LogP contribution in [0.3, 0.4) is 0 Å². The lowest BCUT2D eigenvalue weighted by Crippen LogP contribution is -2.46. The zero-order chi connectivity index (χ0) is 21.3. The Labute approximate surface area is 205 Å². The Kier molecular flexibility index (Phi) is 11.1. The Hall–Kier alpha value is -1.30. The normalized spacial score (nSPS) is 16.1. The lowest BCUT2D eigenvalue weighted by Gasteiger charge is -2.35. The van der Waals surface area contributed by atoms with E-state index < -0.39 is 0 Å². The fourth-order valence-electron chi connectivity index (χ4n) is 3.38. The van der Waals surface area contributed by atoms with Gasteiger partial charge in [0.2, 0.25) is 0 Å². The Balaban J connectivity index is 0.00000341. The third kappa shape index (κ3) is 7.96. The van der Waals surface area contributed by atoms with E-state index >= 15 is 0 Å². The minimum atomic E-state index is -0.216. The molecule has 0 aliphatic carbocycles. The maximum Gasteiger partial charge on any atom is 0.191 e. The maximum atomic E-state index is 13.4.